The fraction of sp³-hybridized carbons (Fsp3) is 0.0526. The molecule has 0 aliphatic rings. The Kier molecular flexibility index (Phi) is 11.3. The topological polar surface area (TPSA) is 140 Å². The standard InChI is InChI=1S/C38H30N8O4.2BrH/c1-43-31(23-45-17-5-3-7-35(43)45)27-13-9-25(10-14-27)21-39-41-37(49)29-19-34(48)30(20-33(29)47)38(50)42-40-22-26-11-15-28(16-12-26)32-24-46-18-6-4-8-36(46)44(32)2;;/h3-24H,1-2H3,(H2-2,41,42,47,48,49,50);2*1H/b39-21+,40-22+;;. The fourth-order valence-electron chi connectivity index (χ4n) is 5.77. The van der Waals surface area contributed by atoms with Crippen molar-refractivity contribution in [3.63, 3.8) is 0 Å². The SMILES string of the molecule is C[n+]1c(-c2ccc(/C=N/NC(=O)c3cc(O)c(C(=O)N/N=C/c4ccc(-c5cn6ccccc6[n+]5C)cc4)cc3O)cc2)cn2ccccc21.[Br-].[Br-]. The van der Waals surface area contributed by atoms with Crippen molar-refractivity contribution in [2.75, 3.05) is 0 Å². The molecule has 2 amide bonds. The van der Waals surface area contributed by atoms with Gasteiger partial charge in [-0.05, 0) is 59.7 Å². The number of benzene rings is 3. The number of nitrogens with zero attached hydrogens (tertiary/aromatic N) is 6. The zero-order valence-corrected chi connectivity index (χ0v) is 31.0. The van der Waals surface area contributed by atoms with Gasteiger partial charge in [-0.3, -0.25) is 9.59 Å². The van der Waals surface area contributed by atoms with Crippen molar-refractivity contribution in [2.45, 2.75) is 0 Å². The van der Waals surface area contributed by atoms with Crippen LogP contribution in [0.2, 0.25) is 0 Å². The summed E-state index contributed by atoms with van der Waals surface area (Å²) in [6.07, 6.45) is 11.0. The van der Waals surface area contributed by atoms with Gasteiger partial charge in [0.15, 0.2) is 11.4 Å². The largest absolute Gasteiger partial charge is 1.00 e. The maximum Gasteiger partial charge on any atom is 0.286 e. The van der Waals surface area contributed by atoms with Gasteiger partial charge in [-0.2, -0.15) is 10.2 Å². The molecule has 4 N–H and O–H groups in total. The highest BCUT2D eigenvalue weighted by Crippen LogP contribution is 2.27. The molecule has 7 rings (SSSR count). The van der Waals surface area contributed by atoms with E-state index in [1.165, 1.54) is 12.4 Å². The van der Waals surface area contributed by atoms with Crippen LogP contribution in [0, 0.1) is 0 Å². The minimum absolute atomic E-state index is 0. The monoisotopic (exact) mass is 822 g/mol. The Balaban J connectivity index is 0.00000261. The molecular weight excluding hydrogens is 792 g/mol. The van der Waals surface area contributed by atoms with Gasteiger partial charge >= 0.3 is 0 Å². The average Bonchev–Trinajstić information content (AvgIpc) is 3.65. The number of pyridine rings is 2. The molecule has 0 radical (unpaired) electrons. The van der Waals surface area contributed by atoms with E-state index in [-0.39, 0.29) is 45.1 Å². The number of aromatic nitrogens is 4. The first-order valence-corrected chi connectivity index (χ1v) is 15.6. The lowest BCUT2D eigenvalue weighted by molar-refractivity contribution is -0.633. The highest BCUT2D eigenvalue weighted by molar-refractivity contribution is 6.02. The maximum atomic E-state index is 12.7. The number of hydrogen-bond acceptors (Lipinski definition) is 6. The molecule has 0 fully saturated rings. The van der Waals surface area contributed by atoms with Crippen LogP contribution in [0.5, 0.6) is 11.5 Å². The number of phenols is 2. The number of phenolic OH excluding ortho intramolecular Hbond substituents is 2. The van der Waals surface area contributed by atoms with Crippen molar-refractivity contribution < 1.29 is 62.9 Å². The van der Waals surface area contributed by atoms with Crippen LogP contribution in [-0.2, 0) is 14.1 Å². The Hall–Kier alpha value is -6.12. The molecule has 0 aliphatic carbocycles. The van der Waals surface area contributed by atoms with Crippen LogP contribution in [0.15, 0.2) is 132 Å². The first-order chi connectivity index (χ1) is 24.3. The Morgan fingerprint density at radius 3 is 1.37 bits per heavy atom. The zero-order chi connectivity index (χ0) is 34.8. The van der Waals surface area contributed by atoms with Gasteiger partial charge in [0, 0.05) is 23.3 Å². The third-order valence-electron chi connectivity index (χ3n) is 8.44. The van der Waals surface area contributed by atoms with Crippen molar-refractivity contribution in [1.82, 2.24) is 19.7 Å². The van der Waals surface area contributed by atoms with Crippen molar-refractivity contribution in [3.05, 3.63) is 144 Å². The first-order valence-electron chi connectivity index (χ1n) is 15.6. The summed E-state index contributed by atoms with van der Waals surface area (Å²) in [6.45, 7) is 0. The van der Waals surface area contributed by atoms with E-state index in [9.17, 15) is 19.8 Å². The van der Waals surface area contributed by atoms with Crippen LogP contribution in [0.1, 0.15) is 31.8 Å². The average molecular weight is 825 g/mol. The van der Waals surface area contributed by atoms with Crippen LogP contribution < -0.4 is 53.9 Å². The summed E-state index contributed by atoms with van der Waals surface area (Å²) in [7, 11) is 4.01. The second-order valence-electron chi connectivity index (χ2n) is 11.6. The number of imidazole rings is 2. The predicted octanol–water partition coefficient (Wildman–Crippen LogP) is -1.88. The van der Waals surface area contributed by atoms with E-state index in [1.807, 2.05) is 120 Å². The summed E-state index contributed by atoms with van der Waals surface area (Å²) < 4.78 is 8.29. The molecule has 0 saturated carbocycles. The number of fused-ring (bicyclic) bond motifs is 2. The van der Waals surface area contributed by atoms with E-state index in [0.29, 0.717) is 0 Å². The number of halogens is 2. The maximum absolute atomic E-state index is 12.7. The number of rotatable bonds is 8. The number of aryl methyl sites for hydroxylation is 2. The lowest BCUT2D eigenvalue weighted by Gasteiger charge is -2.08. The van der Waals surface area contributed by atoms with Crippen LogP contribution >= 0.6 is 0 Å². The summed E-state index contributed by atoms with van der Waals surface area (Å²) in [5.41, 5.74) is 11.8. The van der Waals surface area contributed by atoms with E-state index < -0.39 is 23.3 Å². The van der Waals surface area contributed by atoms with Gasteiger partial charge in [-0.1, -0.05) is 36.4 Å². The molecule has 0 spiro atoms. The second kappa shape index (κ2) is 15.8. The number of nitrogens with one attached hydrogen (secondary N) is 2. The van der Waals surface area contributed by atoms with Gasteiger partial charge in [0.1, 0.15) is 23.9 Å². The second-order valence-corrected chi connectivity index (χ2v) is 11.6. The van der Waals surface area contributed by atoms with E-state index >= 15 is 0 Å². The van der Waals surface area contributed by atoms with Gasteiger partial charge in [0.05, 0.1) is 50.0 Å². The number of hydrogen-bond donors (Lipinski definition) is 4. The van der Waals surface area contributed by atoms with Gasteiger partial charge in [0.25, 0.3) is 23.1 Å². The molecule has 12 nitrogen and oxygen atoms in total. The summed E-state index contributed by atoms with van der Waals surface area (Å²) in [5, 5.41) is 29.0. The molecule has 14 heteroatoms. The van der Waals surface area contributed by atoms with Gasteiger partial charge < -0.3 is 44.2 Å². The number of amides is 2. The Morgan fingerprint density at radius 2 is 1.00 bits per heavy atom. The van der Waals surface area contributed by atoms with E-state index in [2.05, 4.69) is 42.6 Å². The molecular formula is C38H32Br2N8O4. The van der Waals surface area contributed by atoms with Crippen LogP contribution in [0.4, 0.5) is 0 Å². The quantitative estimate of drug-likeness (QED) is 0.0618. The summed E-state index contributed by atoms with van der Waals surface area (Å²) in [5.74, 6) is -2.56. The molecule has 0 bridgehead atoms. The van der Waals surface area contributed by atoms with E-state index in [4.69, 9.17) is 0 Å². The minimum Gasteiger partial charge on any atom is -1.00 e. The molecule has 0 aliphatic heterocycles. The van der Waals surface area contributed by atoms with Gasteiger partial charge in [-0.25, -0.2) is 28.8 Å². The molecule has 4 aromatic heterocycles. The van der Waals surface area contributed by atoms with Crippen LogP contribution in [0.3, 0.4) is 0 Å². The Bertz CT molecular complexity index is 2300. The highest BCUT2D eigenvalue weighted by Gasteiger charge is 2.20. The van der Waals surface area contributed by atoms with Crippen molar-refractivity contribution in [3.8, 4) is 34.0 Å². The normalized spacial score (nSPS) is 11.1. The van der Waals surface area contributed by atoms with Crippen molar-refractivity contribution >= 4 is 35.5 Å². The Morgan fingerprint density at radius 1 is 0.615 bits per heavy atom. The smallest absolute Gasteiger partial charge is 0.286 e. The van der Waals surface area contributed by atoms with E-state index in [1.54, 1.807) is 0 Å². The summed E-state index contributed by atoms with van der Waals surface area (Å²) in [4.78, 5) is 25.5. The Labute approximate surface area is 319 Å². The lowest BCUT2D eigenvalue weighted by atomic mass is 10.1. The third-order valence-corrected chi connectivity index (χ3v) is 8.44. The highest BCUT2D eigenvalue weighted by atomic mass is 79.9. The molecule has 3 aromatic carbocycles. The molecule has 52 heavy (non-hydrogen) atoms. The molecule has 4 heterocycles. The van der Waals surface area contributed by atoms with Gasteiger partial charge in [-0.15, -0.1) is 0 Å². The summed E-state index contributed by atoms with van der Waals surface area (Å²) >= 11 is 0. The molecule has 0 saturated heterocycles. The predicted molar refractivity (Wildman–Crippen MR) is 188 cm³/mol. The van der Waals surface area contributed by atoms with Crippen molar-refractivity contribution in [1.29, 1.82) is 0 Å². The van der Waals surface area contributed by atoms with Crippen LogP contribution in [0.25, 0.3) is 33.8 Å². The summed E-state index contributed by atoms with van der Waals surface area (Å²) in [6, 6.07) is 29.3. The fourth-order valence-corrected chi connectivity index (χ4v) is 5.77. The lowest BCUT2D eigenvalue weighted by Crippen LogP contribution is -3.00. The number of carbonyl (C=O) groups excluding carboxylic acids is 2. The van der Waals surface area contributed by atoms with E-state index in [0.717, 1.165) is 57.1 Å². The number of carbonyl (C=O) groups is 2. The molecule has 0 atom stereocenters. The first kappa shape index (κ1) is 37.1. The third kappa shape index (κ3) is 7.48. The number of hydrazone groups is 2. The molecule has 7 aromatic rings. The molecule has 262 valence electrons. The van der Waals surface area contributed by atoms with Crippen LogP contribution in [-0.4, -0.2) is 43.3 Å². The molecule has 0 unspecified atom stereocenters. The zero-order valence-electron chi connectivity index (χ0n) is 27.9. The van der Waals surface area contributed by atoms with Crippen molar-refractivity contribution in [2.24, 2.45) is 24.3 Å². The minimum atomic E-state index is -0.770. The number of aromatic hydroxyl groups is 2. The van der Waals surface area contributed by atoms with Gasteiger partial charge in [0.2, 0.25) is 0 Å².